The van der Waals surface area contributed by atoms with Crippen molar-refractivity contribution in [3.8, 4) is 78.6 Å². The summed E-state index contributed by atoms with van der Waals surface area (Å²) in [6.45, 7) is 7.28. The highest BCUT2D eigenvalue weighted by Crippen LogP contribution is 2.46. The first-order valence-corrected chi connectivity index (χ1v) is 23.1. The van der Waals surface area contributed by atoms with Gasteiger partial charge in [0.2, 0.25) is 0 Å². The Bertz CT molecular complexity index is 3730. The molecule has 0 saturated heterocycles. The maximum Gasteiger partial charge on any atom is 0.149 e. The third-order valence-electron chi connectivity index (χ3n) is 12.7. The Morgan fingerprint density at radius 1 is 0.471 bits per heavy atom. The summed E-state index contributed by atoms with van der Waals surface area (Å²) in [5.74, 6) is 0.320. The zero-order valence-corrected chi connectivity index (χ0v) is 40.3. The van der Waals surface area contributed by atoms with Crippen molar-refractivity contribution in [3.63, 3.8) is 0 Å². The topological polar surface area (TPSA) is 50.9 Å². The van der Waals surface area contributed by atoms with Crippen LogP contribution in [0.5, 0.6) is 5.75 Å². The van der Waals surface area contributed by atoms with E-state index >= 15 is 0 Å². The largest absolute Gasteiger partial charge is 0.507 e. The lowest BCUT2D eigenvalue weighted by Gasteiger charge is -2.27. The summed E-state index contributed by atoms with van der Waals surface area (Å²) >= 11 is 0. The number of nitrogens with zero attached hydrogens (tertiary/aromatic N) is 3. The van der Waals surface area contributed by atoms with Crippen LogP contribution in [0.25, 0.3) is 83.9 Å². The number of imidazole rings is 1. The van der Waals surface area contributed by atoms with Gasteiger partial charge in [-0.3, -0.25) is 9.55 Å². The molecule has 4 heteroatoms. The van der Waals surface area contributed by atoms with Gasteiger partial charge in [0.1, 0.15) is 11.6 Å². The summed E-state index contributed by atoms with van der Waals surface area (Å²) < 4.78 is 102. The van der Waals surface area contributed by atoms with Crippen LogP contribution in [0.3, 0.4) is 0 Å². The quantitative estimate of drug-likeness (QED) is 0.173. The molecule has 1 N–H and O–H groups in total. The van der Waals surface area contributed by atoms with E-state index in [2.05, 4.69) is 52.6 Å². The minimum absolute atomic E-state index is 0.00176. The second kappa shape index (κ2) is 17.2. The summed E-state index contributed by atoms with van der Waals surface area (Å²) in [4.78, 5) is 10.1. The number of phenols is 1. The first kappa shape index (κ1) is 34.3. The third kappa shape index (κ3) is 9.05. The molecule has 2 aromatic heterocycles. The molecule has 68 heavy (non-hydrogen) atoms. The maximum atomic E-state index is 12.7. The molecule has 9 aromatic rings. The van der Waals surface area contributed by atoms with Gasteiger partial charge < -0.3 is 5.11 Å². The van der Waals surface area contributed by atoms with Crippen molar-refractivity contribution in [3.05, 3.63) is 192 Å². The van der Waals surface area contributed by atoms with Crippen molar-refractivity contribution in [2.45, 2.75) is 105 Å². The summed E-state index contributed by atoms with van der Waals surface area (Å²) in [5, 5.41) is 12.7. The Balaban J connectivity index is 1.45. The van der Waals surface area contributed by atoms with E-state index in [0.717, 1.165) is 38.9 Å². The molecule has 0 atom stereocenters. The van der Waals surface area contributed by atoms with Crippen molar-refractivity contribution in [1.29, 1.82) is 0 Å². The predicted octanol–water partition coefficient (Wildman–Crippen LogP) is 17.3. The van der Waals surface area contributed by atoms with Gasteiger partial charge in [0.25, 0.3) is 0 Å². The lowest BCUT2D eigenvalue weighted by Crippen LogP contribution is -2.17. The lowest BCUT2D eigenvalue weighted by molar-refractivity contribution is 0.446. The van der Waals surface area contributed by atoms with E-state index in [0.29, 0.717) is 33.7 Å². The Morgan fingerprint density at radius 3 is 1.74 bits per heavy atom. The van der Waals surface area contributed by atoms with Crippen LogP contribution in [-0.4, -0.2) is 19.6 Å². The smallest absolute Gasteiger partial charge is 0.149 e. The van der Waals surface area contributed by atoms with Crippen molar-refractivity contribution in [2.75, 3.05) is 0 Å². The first-order chi connectivity index (χ1) is 36.8. The number of pyridine rings is 1. The molecule has 0 aliphatic rings. The SMILES string of the molecule is [2H]c1c(-c2cc(-c3ccc(C(C)(C)C)cc3)ccn2)cc(-c2cccc3c2nc(-c2cc(C(C)(C)C)cc(C(C)(C)C)c2O)n3-c2ccc(-c3ccccc3)cc2-c2ccccc2)c([2H])c1C(C([2H])([2H])[2H])(C([2H])([2H])[2H])C([2H])([2H])[2H]. The second-order valence-corrected chi connectivity index (χ2v) is 20.9. The van der Waals surface area contributed by atoms with Crippen molar-refractivity contribution >= 4 is 11.0 Å². The van der Waals surface area contributed by atoms with E-state index < -0.39 is 54.4 Å². The normalized spacial score (nSPS) is 15.4. The number of hydrogen-bond donors (Lipinski definition) is 1. The Morgan fingerprint density at radius 2 is 1.09 bits per heavy atom. The molecule has 2 heterocycles. The van der Waals surface area contributed by atoms with E-state index in [9.17, 15) is 7.85 Å². The lowest BCUT2D eigenvalue weighted by atomic mass is 9.79. The van der Waals surface area contributed by atoms with Crippen LogP contribution in [0.1, 0.15) is 120 Å². The highest BCUT2D eigenvalue weighted by atomic mass is 16.3. The number of hydrogen-bond acceptors (Lipinski definition) is 3. The number of fused-ring (bicyclic) bond motifs is 1. The van der Waals surface area contributed by atoms with Gasteiger partial charge >= 0.3 is 0 Å². The van der Waals surface area contributed by atoms with E-state index in [1.165, 1.54) is 12.3 Å². The van der Waals surface area contributed by atoms with Crippen LogP contribution < -0.4 is 0 Å². The minimum atomic E-state index is -3.81. The van der Waals surface area contributed by atoms with Crippen LogP contribution in [0, 0.1) is 0 Å². The minimum Gasteiger partial charge on any atom is -0.507 e. The average molecular weight is 903 g/mol. The number of benzene rings is 7. The van der Waals surface area contributed by atoms with Crippen LogP contribution in [0.15, 0.2) is 170 Å². The van der Waals surface area contributed by atoms with Crippen molar-refractivity contribution < 1.29 is 20.2 Å². The van der Waals surface area contributed by atoms with Crippen LogP contribution in [0.4, 0.5) is 0 Å². The standard InChI is InChI=1S/C64H65N3O/c1-61(2,3)48-29-26-42(27-30-48)45-32-33-65-55(38-45)47-34-46(35-49(36-47)62(4,5)6)51-24-19-25-57-58(51)66-60(53-39-50(63(7,8)9)40-54(59(53)68)64(10,11)12)67(57)56-31-28-44(41-20-15-13-16-21-41)37-52(56)43-22-17-14-18-23-43/h13-40,68H,1-12H3/i4D3,5D3,6D3,35D,36D. The van der Waals surface area contributed by atoms with Crippen molar-refractivity contribution in [1.82, 2.24) is 14.5 Å². The second-order valence-electron chi connectivity index (χ2n) is 20.9. The van der Waals surface area contributed by atoms with Gasteiger partial charge in [0.05, 0.1) is 30.7 Å². The zero-order chi connectivity index (χ0) is 57.6. The number of aromatic hydroxyl groups is 1. The maximum absolute atomic E-state index is 12.7. The zero-order valence-electron chi connectivity index (χ0n) is 51.3. The Kier molecular flexibility index (Phi) is 8.69. The van der Waals surface area contributed by atoms with Crippen LogP contribution in [-0.2, 0) is 21.7 Å². The van der Waals surface area contributed by atoms with Gasteiger partial charge in [-0.25, -0.2) is 4.98 Å². The predicted molar refractivity (Wildman–Crippen MR) is 288 cm³/mol. The van der Waals surface area contributed by atoms with Crippen molar-refractivity contribution in [2.24, 2.45) is 0 Å². The van der Waals surface area contributed by atoms with Crippen LogP contribution >= 0.6 is 0 Å². The third-order valence-corrected chi connectivity index (χ3v) is 12.7. The number of rotatable bonds is 7. The average Bonchev–Trinajstić information content (AvgIpc) is 3.53. The molecule has 0 aliphatic heterocycles. The fourth-order valence-electron chi connectivity index (χ4n) is 8.85. The number of phenolic OH excluding ortho intramolecular Hbond substituents is 1. The molecule has 0 bridgehead atoms. The Hall–Kier alpha value is -7.04. The fourth-order valence-corrected chi connectivity index (χ4v) is 8.85. The van der Waals surface area contributed by atoms with Gasteiger partial charge in [0, 0.05) is 40.8 Å². The molecule has 0 fully saturated rings. The van der Waals surface area contributed by atoms with E-state index in [1.807, 2.05) is 141 Å². The molecule has 0 spiro atoms. The van der Waals surface area contributed by atoms with Gasteiger partial charge in [-0.1, -0.05) is 198 Å². The van der Waals surface area contributed by atoms with E-state index in [-0.39, 0.29) is 39.1 Å². The molecule has 0 radical (unpaired) electrons. The first-order valence-electron chi connectivity index (χ1n) is 28.6. The molecule has 0 saturated carbocycles. The monoisotopic (exact) mass is 903 g/mol. The van der Waals surface area contributed by atoms with Crippen LogP contribution in [0.2, 0.25) is 0 Å². The highest BCUT2D eigenvalue weighted by Gasteiger charge is 2.30. The molecule has 4 nitrogen and oxygen atoms in total. The summed E-state index contributed by atoms with van der Waals surface area (Å²) in [5.41, 5.74) is 3.96. The fraction of sp³-hybridized carbons (Fsp3) is 0.250. The van der Waals surface area contributed by atoms with Gasteiger partial charge in [-0.2, -0.15) is 0 Å². The molecule has 9 rings (SSSR count). The molecule has 0 amide bonds. The summed E-state index contributed by atoms with van der Waals surface area (Å²) in [6, 6.07) is 46.6. The van der Waals surface area contributed by atoms with E-state index in [1.54, 1.807) is 24.3 Å². The summed E-state index contributed by atoms with van der Waals surface area (Å²) in [7, 11) is 0. The van der Waals surface area contributed by atoms with E-state index in [4.69, 9.17) is 17.3 Å². The molecule has 7 aromatic carbocycles. The number of para-hydroxylation sites is 1. The highest BCUT2D eigenvalue weighted by molar-refractivity contribution is 5.98. The number of aromatic nitrogens is 3. The molecule has 342 valence electrons. The Labute approximate surface area is 419 Å². The molecular weight excluding hydrogens is 827 g/mol. The molecular formula is C64H65N3O. The van der Waals surface area contributed by atoms with Gasteiger partial charge in [-0.15, -0.1) is 0 Å². The molecule has 0 unspecified atom stereocenters. The van der Waals surface area contributed by atoms with Gasteiger partial charge in [0.15, 0.2) is 0 Å². The molecule has 0 aliphatic carbocycles. The van der Waals surface area contributed by atoms with Gasteiger partial charge in [-0.05, 0) is 120 Å². The summed E-state index contributed by atoms with van der Waals surface area (Å²) in [6.07, 6.45) is 1.52.